The zero-order chi connectivity index (χ0) is 14.9. The highest BCUT2D eigenvalue weighted by Crippen LogP contribution is 2.41. The maximum Gasteiger partial charge on any atom is 0.343 e. The summed E-state index contributed by atoms with van der Waals surface area (Å²) >= 11 is 1.31. The number of carbonyl (C=O) groups excluding carboxylic acids is 2. The summed E-state index contributed by atoms with van der Waals surface area (Å²) in [5.74, 6) is -0.639. The minimum absolute atomic E-state index is 0.0249. The molecule has 1 saturated heterocycles. The van der Waals surface area contributed by atoms with Crippen molar-refractivity contribution in [3.05, 3.63) is 10.4 Å². The number of nitrogens with two attached hydrogens (primary N) is 1. The largest absolute Gasteiger partial charge is 0.465 e. The predicted octanol–water partition coefficient (Wildman–Crippen LogP) is 2.56. The molecular weight excluding hydrogens is 276 g/mol. The molecule has 1 aromatic heterocycles. The van der Waals surface area contributed by atoms with E-state index in [2.05, 4.69) is 4.90 Å². The lowest BCUT2D eigenvalue weighted by Gasteiger charge is -2.16. The van der Waals surface area contributed by atoms with Crippen LogP contribution in [0.15, 0.2) is 0 Å². The van der Waals surface area contributed by atoms with Gasteiger partial charge in [-0.1, -0.05) is 13.8 Å². The molecular formula is C14H20N2O3S. The van der Waals surface area contributed by atoms with Crippen LogP contribution in [0.5, 0.6) is 0 Å². The molecule has 2 N–H and O–H groups in total. The monoisotopic (exact) mass is 296 g/mol. The zero-order valence-electron chi connectivity index (χ0n) is 12.1. The number of Topliss-reactive ketones (excluding diaryl/α,β-unsaturated/α-hetero) is 1. The van der Waals surface area contributed by atoms with Crippen molar-refractivity contribution in [2.75, 3.05) is 30.8 Å². The summed E-state index contributed by atoms with van der Waals surface area (Å²) < 4.78 is 4.82. The van der Waals surface area contributed by atoms with Crippen LogP contribution >= 0.6 is 11.3 Å². The second kappa shape index (κ2) is 5.83. The van der Waals surface area contributed by atoms with Crippen LogP contribution in [-0.4, -0.2) is 32.0 Å². The number of anilines is 2. The molecule has 0 atom stereocenters. The van der Waals surface area contributed by atoms with E-state index < -0.39 is 5.97 Å². The standard InChI is InChI=1S/C14H20N2O3S/c1-8(2)11(17)12-10(15)9(14(18)19-3)13(20-12)16-6-4-5-7-16/h8H,4-7,15H2,1-3H3. The Morgan fingerprint density at radius 3 is 2.40 bits per heavy atom. The van der Waals surface area contributed by atoms with Gasteiger partial charge in [0.2, 0.25) is 0 Å². The first kappa shape index (κ1) is 14.8. The molecule has 1 aliphatic heterocycles. The topological polar surface area (TPSA) is 72.6 Å². The molecule has 1 aromatic rings. The quantitative estimate of drug-likeness (QED) is 0.683. The number of ketones is 1. The molecule has 0 aliphatic carbocycles. The third kappa shape index (κ3) is 2.52. The number of hydrogen-bond donors (Lipinski definition) is 1. The van der Waals surface area contributed by atoms with Crippen LogP contribution < -0.4 is 10.6 Å². The van der Waals surface area contributed by atoms with E-state index in [9.17, 15) is 9.59 Å². The third-order valence-corrected chi connectivity index (χ3v) is 4.74. The SMILES string of the molecule is COC(=O)c1c(N2CCCC2)sc(C(=O)C(C)C)c1N. The van der Waals surface area contributed by atoms with Crippen molar-refractivity contribution in [3.63, 3.8) is 0 Å². The van der Waals surface area contributed by atoms with Gasteiger partial charge in [-0.05, 0) is 12.8 Å². The van der Waals surface area contributed by atoms with E-state index in [1.165, 1.54) is 18.4 Å². The first-order valence-corrected chi connectivity index (χ1v) is 7.58. The average Bonchev–Trinajstić information content (AvgIpc) is 3.04. The molecule has 6 heteroatoms. The second-order valence-electron chi connectivity index (χ2n) is 5.23. The molecule has 1 aliphatic rings. The lowest BCUT2D eigenvalue weighted by Crippen LogP contribution is -2.19. The Balaban J connectivity index is 2.51. The number of ether oxygens (including phenoxy) is 1. The summed E-state index contributed by atoms with van der Waals surface area (Å²) in [5.41, 5.74) is 6.67. The average molecular weight is 296 g/mol. The van der Waals surface area contributed by atoms with Gasteiger partial charge in [0.25, 0.3) is 0 Å². The number of esters is 1. The van der Waals surface area contributed by atoms with Gasteiger partial charge in [-0.2, -0.15) is 0 Å². The van der Waals surface area contributed by atoms with Gasteiger partial charge >= 0.3 is 5.97 Å². The van der Waals surface area contributed by atoms with Gasteiger partial charge in [0.05, 0.1) is 17.7 Å². The van der Waals surface area contributed by atoms with Gasteiger partial charge in [-0.15, -0.1) is 11.3 Å². The number of rotatable bonds is 4. The Morgan fingerprint density at radius 1 is 1.30 bits per heavy atom. The molecule has 2 rings (SSSR count). The van der Waals surface area contributed by atoms with Crippen molar-refractivity contribution in [2.45, 2.75) is 26.7 Å². The first-order valence-electron chi connectivity index (χ1n) is 6.77. The van der Waals surface area contributed by atoms with E-state index in [-0.39, 0.29) is 17.4 Å². The number of methoxy groups -OCH3 is 1. The zero-order valence-corrected chi connectivity index (χ0v) is 12.9. The Bertz CT molecular complexity index is 531. The van der Waals surface area contributed by atoms with E-state index in [1.54, 1.807) is 0 Å². The number of carbonyl (C=O) groups is 2. The van der Waals surface area contributed by atoms with E-state index in [1.807, 2.05) is 13.8 Å². The molecule has 0 aromatic carbocycles. The summed E-state index contributed by atoms with van der Waals surface area (Å²) in [6, 6.07) is 0. The fraction of sp³-hybridized carbons (Fsp3) is 0.571. The van der Waals surface area contributed by atoms with Crippen LogP contribution in [0.2, 0.25) is 0 Å². The van der Waals surface area contributed by atoms with Gasteiger partial charge in [-0.25, -0.2) is 4.79 Å². The Morgan fingerprint density at radius 2 is 1.90 bits per heavy atom. The molecule has 5 nitrogen and oxygen atoms in total. The van der Waals surface area contributed by atoms with Crippen LogP contribution in [0.4, 0.5) is 10.7 Å². The van der Waals surface area contributed by atoms with Crippen molar-refractivity contribution in [2.24, 2.45) is 5.92 Å². The summed E-state index contributed by atoms with van der Waals surface area (Å²) in [7, 11) is 1.33. The van der Waals surface area contributed by atoms with Gasteiger partial charge < -0.3 is 15.4 Å². The number of hydrogen-bond acceptors (Lipinski definition) is 6. The minimum Gasteiger partial charge on any atom is -0.465 e. The maximum atomic E-state index is 12.2. The first-order chi connectivity index (χ1) is 9.47. The molecule has 2 heterocycles. The number of nitrogens with zero attached hydrogens (tertiary/aromatic N) is 1. The van der Waals surface area contributed by atoms with Gasteiger partial charge in [0.1, 0.15) is 10.6 Å². The van der Waals surface area contributed by atoms with Gasteiger partial charge in [-0.3, -0.25) is 4.79 Å². The van der Waals surface area contributed by atoms with Gasteiger partial charge in [0, 0.05) is 19.0 Å². The predicted molar refractivity (Wildman–Crippen MR) is 80.7 cm³/mol. The highest BCUT2D eigenvalue weighted by Gasteiger charge is 2.30. The van der Waals surface area contributed by atoms with Crippen molar-refractivity contribution in [1.29, 1.82) is 0 Å². The lowest BCUT2D eigenvalue weighted by molar-refractivity contribution is 0.0603. The van der Waals surface area contributed by atoms with E-state index >= 15 is 0 Å². The summed E-state index contributed by atoms with van der Waals surface area (Å²) in [6.07, 6.45) is 2.18. The molecule has 0 unspecified atom stereocenters. The number of thiophene rings is 1. The molecule has 0 amide bonds. The van der Waals surface area contributed by atoms with Crippen LogP contribution in [-0.2, 0) is 4.74 Å². The van der Waals surface area contributed by atoms with E-state index in [4.69, 9.17) is 10.5 Å². The number of nitrogen functional groups attached to an aromatic ring is 1. The van der Waals surface area contributed by atoms with Crippen molar-refractivity contribution in [3.8, 4) is 0 Å². The van der Waals surface area contributed by atoms with E-state index in [0.717, 1.165) is 30.9 Å². The molecule has 0 saturated carbocycles. The van der Waals surface area contributed by atoms with Crippen molar-refractivity contribution >= 4 is 33.8 Å². The Kier molecular flexibility index (Phi) is 4.32. The highest BCUT2D eigenvalue weighted by atomic mass is 32.1. The Hall–Kier alpha value is -1.56. The van der Waals surface area contributed by atoms with Crippen LogP contribution in [0, 0.1) is 5.92 Å². The van der Waals surface area contributed by atoms with Crippen molar-refractivity contribution in [1.82, 2.24) is 0 Å². The molecule has 20 heavy (non-hydrogen) atoms. The summed E-state index contributed by atoms with van der Waals surface area (Å²) in [5, 5.41) is 0.774. The second-order valence-corrected chi connectivity index (χ2v) is 6.23. The van der Waals surface area contributed by atoms with E-state index in [0.29, 0.717) is 10.4 Å². The minimum atomic E-state index is -0.469. The molecule has 110 valence electrons. The lowest BCUT2D eigenvalue weighted by atomic mass is 10.1. The fourth-order valence-corrected chi connectivity index (χ4v) is 3.67. The smallest absolute Gasteiger partial charge is 0.343 e. The van der Waals surface area contributed by atoms with Crippen LogP contribution in [0.25, 0.3) is 0 Å². The Labute approximate surface area is 122 Å². The van der Waals surface area contributed by atoms with Crippen LogP contribution in [0.1, 0.15) is 46.7 Å². The molecule has 1 fully saturated rings. The molecule has 0 spiro atoms. The normalized spacial score (nSPS) is 14.9. The van der Waals surface area contributed by atoms with Crippen LogP contribution in [0.3, 0.4) is 0 Å². The maximum absolute atomic E-state index is 12.2. The highest BCUT2D eigenvalue weighted by molar-refractivity contribution is 7.19. The third-order valence-electron chi connectivity index (χ3n) is 3.46. The van der Waals surface area contributed by atoms with Gasteiger partial charge in [0.15, 0.2) is 5.78 Å². The summed E-state index contributed by atoms with van der Waals surface area (Å²) in [4.78, 5) is 26.8. The fourth-order valence-electron chi connectivity index (χ4n) is 2.32. The summed E-state index contributed by atoms with van der Waals surface area (Å²) in [6.45, 7) is 5.43. The van der Waals surface area contributed by atoms with Crippen molar-refractivity contribution < 1.29 is 14.3 Å². The molecule has 0 radical (unpaired) electrons. The molecule has 0 bridgehead atoms.